The third-order valence-electron chi connectivity index (χ3n) is 4.61. The zero-order valence-electron chi connectivity index (χ0n) is 16.3. The van der Waals surface area contributed by atoms with Crippen LogP contribution in [-0.2, 0) is 6.54 Å². The molecule has 2 rings (SSSR count). The highest BCUT2D eigenvalue weighted by molar-refractivity contribution is 6.04. The molecular weight excluding hydrogens is 324 g/mol. The lowest BCUT2D eigenvalue weighted by atomic mass is 10.1. The summed E-state index contributed by atoms with van der Waals surface area (Å²) in [4.78, 5) is 21.4. The van der Waals surface area contributed by atoms with Crippen LogP contribution in [0, 0.1) is 0 Å². The minimum absolute atomic E-state index is 0.114. The molecule has 2 aromatic rings. The van der Waals surface area contributed by atoms with Gasteiger partial charge in [-0.1, -0.05) is 26.0 Å². The van der Waals surface area contributed by atoms with Gasteiger partial charge < -0.3 is 10.2 Å². The first-order valence-electron chi connectivity index (χ1n) is 9.44. The number of amides is 1. The average molecular weight is 354 g/mol. The van der Waals surface area contributed by atoms with Crippen LogP contribution in [0.25, 0.3) is 0 Å². The highest BCUT2D eigenvalue weighted by atomic mass is 16.1. The van der Waals surface area contributed by atoms with Crippen LogP contribution in [0.5, 0.6) is 0 Å². The van der Waals surface area contributed by atoms with E-state index < -0.39 is 0 Å². The summed E-state index contributed by atoms with van der Waals surface area (Å²) in [7, 11) is 0. The molecule has 1 N–H and O–H groups in total. The highest BCUT2D eigenvalue weighted by Gasteiger charge is 2.08. The van der Waals surface area contributed by atoms with E-state index in [1.54, 1.807) is 6.20 Å². The van der Waals surface area contributed by atoms with E-state index in [1.165, 1.54) is 5.56 Å². The van der Waals surface area contributed by atoms with E-state index in [0.717, 1.165) is 38.5 Å². The van der Waals surface area contributed by atoms with Crippen molar-refractivity contribution >= 4 is 17.4 Å². The number of anilines is 2. The molecule has 0 aliphatic rings. The number of hydrogen-bond acceptors (Lipinski definition) is 4. The van der Waals surface area contributed by atoms with Crippen LogP contribution < -0.4 is 10.2 Å². The average Bonchev–Trinajstić information content (AvgIpc) is 2.68. The second-order valence-electron chi connectivity index (χ2n) is 6.19. The van der Waals surface area contributed by atoms with Gasteiger partial charge in [-0.3, -0.25) is 9.69 Å². The van der Waals surface area contributed by atoms with Crippen LogP contribution in [0.2, 0.25) is 0 Å². The second-order valence-corrected chi connectivity index (χ2v) is 6.19. The molecule has 1 aromatic carbocycles. The molecule has 0 aliphatic heterocycles. The molecule has 0 aliphatic carbocycles. The number of benzene rings is 1. The lowest BCUT2D eigenvalue weighted by Crippen LogP contribution is -2.23. The molecule has 0 unspecified atom stereocenters. The van der Waals surface area contributed by atoms with Crippen LogP contribution in [0.3, 0.4) is 0 Å². The van der Waals surface area contributed by atoms with Gasteiger partial charge in [-0.05, 0) is 56.8 Å². The van der Waals surface area contributed by atoms with Gasteiger partial charge in [-0.2, -0.15) is 0 Å². The number of carbonyl (C=O) groups is 1. The molecule has 0 radical (unpaired) electrons. The molecule has 0 bridgehead atoms. The van der Waals surface area contributed by atoms with Gasteiger partial charge in [0.25, 0.3) is 5.91 Å². The van der Waals surface area contributed by atoms with Crippen LogP contribution in [0.4, 0.5) is 11.5 Å². The predicted molar refractivity (Wildman–Crippen MR) is 109 cm³/mol. The number of hydrogen-bond donors (Lipinski definition) is 1. The minimum atomic E-state index is -0.114. The van der Waals surface area contributed by atoms with E-state index in [2.05, 4.69) is 47.8 Å². The predicted octanol–water partition coefficient (Wildman–Crippen LogP) is 4.02. The number of pyridine rings is 1. The van der Waals surface area contributed by atoms with Crippen LogP contribution >= 0.6 is 0 Å². The van der Waals surface area contributed by atoms with Gasteiger partial charge in [0.15, 0.2) is 0 Å². The second kappa shape index (κ2) is 9.92. The van der Waals surface area contributed by atoms with E-state index in [9.17, 15) is 4.79 Å². The van der Waals surface area contributed by atoms with Gasteiger partial charge in [0.05, 0.1) is 11.9 Å². The summed E-state index contributed by atoms with van der Waals surface area (Å²) < 4.78 is 0. The van der Waals surface area contributed by atoms with Crippen molar-refractivity contribution in [1.29, 1.82) is 0 Å². The molecule has 0 saturated carbocycles. The molecule has 0 atom stereocenters. The Labute approximate surface area is 157 Å². The summed E-state index contributed by atoms with van der Waals surface area (Å²) in [5.74, 6) is 0.811. The fourth-order valence-electron chi connectivity index (χ4n) is 2.86. The maximum atomic E-state index is 12.4. The molecule has 26 heavy (non-hydrogen) atoms. The Morgan fingerprint density at radius 2 is 1.58 bits per heavy atom. The molecule has 1 aromatic heterocycles. The number of carbonyl (C=O) groups excluding carboxylic acids is 1. The Hall–Kier alpha value is -2.40. The summed E-state index contributed by atoms with van der Waals surface area (Å²) in [5, 5.41) is 2.91. The highest BCUT2D eigenvalue weighted by Crippen LogP contribution is 2.15. The molecule has 1 heterocycles. The Morgan fingerprint density at radius 1 is 0.923 bits per heavy atom. The van der Waals surface area contributed by atoms with Crippen molar-refractivity contribution in [2.24, 2.45) is 0 Å². The third-order valence-corrected chi connectivity index (χ3v) is 4.61. The summed E-state index contributed by atoms with van der Waals surface area (Å²) in [6, 6.07) is 11.6. The molecule has 0 spiro atoms. The summed E-state index contributed by atoms with van der Waals surface area (Å²) in [6.07, 6.45) is 1.71. The van der Waals surface area contributed by atoms with E-state index in [0.29, 0.717) is 11.3 Å². The van der Waals surface area contributed by atoms with Crippen molar-refractivity contribution in [2.75, 3.05) is 36.4 Å². The smallest absolute Gasteiger partial charge is 0.255 e. The number of rotatable bonds is 9. The first kappa shape index (κ1) is 19.9. The number of nitrogens with one attached hydrogen (secondary N) is 1. The fourth-order valence-corrected chi connectivity index (χ4v) is 2.86. The summed E-state index contributed by atoms with van der Waals surface area (Å²) in [6.45, 7) is 13.3. The van der Waals surface area contributed by atoms with Crippen LogP contribution in [-0.4, -0.2) is 42.0 Å². The molecule has 140 valence electrons. The van der Waals surface area contributed by atoms with E-state index in [-0.39, 0.29) is 5.91 Å². The molecule has 0 saturated heterocycles. The normalized spacial score (nSPS) is 10.8. The first-order valence-corrected chi connectivity index (χ1v) is 9.44. The monoisotopic (exact) mass is 354 g/mol. The Bertz CT molecular complexity index is 674. The van der Waals surface area contributed by atoms with Crippen molar-refractivity contribution in [2.45, 2.75) is 34.2 Å². The van der Waals surface area contributed by atoms with Gasteiger partial charge in [-0.15, -0.1) is 0 Å². The first-order chi connectivity index (χ1) is 12.6. The van der Waals surface area contributed by atoms with Gasteiger partial charge in [-0.25, -0.2) is 4.98 Å². The van der Waals surface area contributed by atoms with E-state index in [1.807, 2.05) is 36.4 Å². The lowest BCUT2D eigenvalue weighted by Gasteiger charge is -2.19. The minimum Gasteiger partial charge on any atom is -0.357 e. The van der Waals surface area contributed by atoms with Crippen LogP contribution in [0.1, 0.15) is 43.6 Å². The maximum Gasteiger partial charge on any atom is 0.255 e. The Kier molecular flexibility index (Phi) is 7.60. The Balaban J connectivity index is 1.99. The molecule has 5 nitrogen and oxygen atoms in total. The topological polar surface area (TPSA) is 48.5 Å². The van der Waals surface area contributed by atoms with Gasteiger partial charge in [0.2, 0.25) is 0 Å². The van der Waals surface area contributed by atoms with Gasteiger partial charge >= 0.3 is 0 Å². The Morgan fingerprint density at radius 3 is 2.08 bits per heavy atom. The maximum absolute atomic E-state index is 12.4. The fraction of sp³-hybridized carbons (Fsp3) is 0.429. The molecular formula is C21H30N4O. The zero-order valence-corrected chi connectivity index (χ0v) is 16.3. The number of aromatic nitrogens is 1. The quantitative estimate of drug-likeness (QED) is 0.739. The van der Waals surface area contributed by atoms with Gasteiger partial charge in [0, 0.05) is 25.2 Å². The van der Waals surface area contributed by atoms with Crippen molar-refractivity contribution in [3.63, 3.8) is 0 Å². The van der Waals surface area contributed by atoms with Gasteiger partial charge in [0.1, 0.15) is 5.82 Å². The number of nitrogens with zero attached hydrogens (tertiary/aromatic N) is 3. The molecule has 5 heteroatoms. The van der Waals surface area contributed by atoms with Crippen molar-refractivity contribution in [3.8, 4) is 0 Å². The SMILES string of the molecule is CCN(CC)Cc1ccc(C(=O)Nc2ccc(N(CC)CC)nc2)cc1. The molecule has 1 amide bonds. The van der Waals surface area contributed by atoms with Crippen LogP contribution in [0.15, 0.2) is 42.6 Å². The zero-order chi connectivity index (χ0) is 18.9. The lowest BCUT2D eigenvalue weighted by molar-refractivity contribution is 0.102. The van der Waals surface area contributed by atoms with E-state index >= 15 is 0 Å². The summed E-state index contributed by atoms with van der Waals surface area (Å²) in [5.41, 5.74) is 2.58. The van der Waals surface area contributed by atoms with Crippen molar-refractivity contribution in [1.82, 2.24) is 9.88 Å². The largest absolute Gasteiger partial charge is 0.357 e. The standard InChI is InChI=1S/C21H30N4O/c1-5-24(6-2)16-17-9-11-18(12-10-17)21(26)23-19-13-14-20(22-15-19)25(7-3)8-4/h9-15H,5-8,16H2,1-4H3,(H,23,26). The van der Waals surface area contributed by atoms with E-state index in [4.69, 9.17) is 0 Å². The molecule has 0 fully saturated rings. The third kappa shape index (κ3) is 5.30. The van der Waals surface area contributed by atoms with Crippen molar-refractivity contribution < 1.29 is 4.79 Å². The summed E-state index contributed by atoms with van der Waals surface area (Å²) >= 11 is 0. The van der Waals surface area contributed by atoms with Crippen molar-refractivity contribution in [3.05, 3.63) is 53.7 Å².